The predicted octanol–water partition coefficient (Wildman–Crippen LogP) is 1.70. The van der Waals surface area contributed by atoms with Gasteiger partial charge < -0.3 is 11.1 Å². The molecule has 1 heterocycles. The van der Waals surface area contributed by atoms with Gasteiger partial charge in [0.2, 0.25) is 0 Å². The van der Waals surface area contributed by atoms with Crippen LogP contribution in [0.5, 0.6) is 0 Å². The van der Waals surface area contributed by atoms with E-state index < -0.39 is 0 Å². The number of carbonyl (C=O) groups excluding carboxylic acids is 1. The van der Waals surface area contributed by atoms with Gasteiger partial charge in [-0.15, -0.1) is 0 Å². The summed E-state index contributed by atoms with van der Waals surface area (Å²) >= 11 is 0. The molecular formula is C15H21N3O. The number of nitrogens with zero attached hydrogens (tertiary/aromatic N) is 1. The van der Waals surface area contributed by atoms with Gasteiger partial charge >= 0.3 is 0 Å². The number of nitrogens with one attached hydrogen (secondary N) is 1. The number of hydrogen-bond donors (Lipinski definition) is 2. The van der Waals surface area contributed by atoms with Gasteiger partial charge in [0, 0.05) is 23.7 Å². The number of rotatable bonds is 2. The van der Waals surface area contributed by atoms with Crippen LogP contribution in [0, 0.1) is 19.3 Å². The van der Waals surface area contributed by atoms with Crippen molar-refractivity contribution in [3.8, 4) is 0 Å². The van der Waals surface area contributed by atoms with Gasteiger partial charge in [-0.25, -0.2) is 0 Å². The fourth-order valence-corrected chi connectivity index (χ4v) is 3.31. The Morgan fingerprint density at radius 3 is 2.68 bits per heavy atom. The Morgan fingerprint density at radius 1 is 1.42 bits per heavy atom. The van der Waals surface area contributed by atoms with Crippen molar-refractivity contribution in [2.75, 3.05) is 0 Å². The highest BCUT2D eigenvalue weighted by molar-refractivity contribution is 5.92. The molecule has 1 aromatic rings. The topological polar surface area (TPSA) is 68.0 Å². The Kier molecular flexibility index (Phi) is 2.86. The van der Waals surface area contributed by atoms with Crippen LogP contribution in [0.25, 0.3) is 0 Å². The largest absolute Gasteiger partial charge is 0.347 e. The fraction of sp³-hybridized carbons (Fsp3) is 0.600. The van der Waals surface area contributed by atoms with E-state index in [4.69, 9.17) is 5.73 Å². The van der Waals surface area contributed by atoms with E-state index in [0.717, 1.165) is 30.4 Å². The second-order valence-electron chi connectivity index (χ2n) is 6.11. The molecule has 2 fully saturated rings. The van der Waals surface area contributed by atoms with Gasteiger partial charge in [-0.2, -0.15) is 0 Å². The highest BCUT2D eigenvalue weighted by Crippen LogP contribution is 2.55. The van der Waals surface area contributed by atoms with Crippen molar-refractivity contribution in [3.05, 3.63) is 29.1 Å². The molecule has 1 aromatic heterocycles. The predicted molar refractivity (Wildman–Crippen MR) is 73.8 cm³/mol. The Morgan fingerprint density at radius 2 is 2.16 bits per heavy atom. The molecule has 3 N–H and O–H groups in total. The molecule has 102 valence electrons. The van der Waals surface area contributed by atoms with Gasteiger partial charge in [0.15, 0.2) is 0 Å². The highest BCUT2D eigenvalue weighted by atomic mass is 16.2. The third-order valence-corrected chi connectivity index (χ3v) is 5.12. The lowest BCUT2D eigenvalue weighted by atomic mass is 9.50. The number of hydrogen-bond acceptors (Lipinski definition) is 3. The normalized spacial score (nSPS) is 27.5. The van der Waals surface area contributed by atoms with E-state index in [1.165, 1.54) is 6.42 Å². The molecule has 2 aliphatic carbocycles. The summed E-state index contributed by atoms with van der Waals surface area (Å²) in [6.45, 7) is 4.00. The molecule has 2 saturated carbocycles. The van der Waals surface area contributed by atoms with Gasteiger partial charge in [-0.1, -0.05) is 6.42 Å². The lowest BCUT2D eigenvalue weighted by Gasteiger charge is -2.60. The van der Waals surface area contributed by atoms with Crippen molar-refractivity contribution in [1.29, 1.82) is 0 Å². The van der Waals surface area contributed by atoms with Crippen LogP contribution >= 0.6 is 0 Å². The zero-order chi connectivity index (χ0) is 13.6. The molecule has 3 rings (SSSR count). The van der Waals surface area contributed by atoms with Crippen LogP contribution in [-0.4, -0.2) is 23.0 Å². The van der Waals surface area contributed by atoms with E-state index >= 15 is 0 Å². The zero-order valence-corrected chi connectivity index (χ0v) is 11.6. The van der Waals surface area contributed by atoms with Crippen LogP contribution in [0.15, 0.2) is 12.3 Å². The number of carbonyl (C=O) groups is 1. The summed E-state index contributed by atoms with van der Waals surface area (Å²) in [7, 11) is 0. The summed E-state index contributed by atoms with van der Waals surface area (Å²) in [5, 5.41) is 3.12. The van der Waals surface area contributed by atoms with Crippen LogP contribution < -0.4 is 11.1 Å². The third kappa shape index (κ3) is 1.86. The lowest BCUT2D eigenvalue weighted by Crippen LogP contribution is -2.69. The number of nitrogens with two attached hydrogens (primary N) is 1. The van der Waals surface area contributed by atoms with Crippen LogP contribution in [0.1, 0.15) is 47.3 Å². The standard InChI is InChI=1S/C15H21N3O/c1-9-6-11(17-8-10(9)2)14(19)18-13-7-12(16)15(13)4-3-5-15/h6,8,12-13H,3-5,7,16H2,1-2H3,(H,18,19). The lowest BCUT2D eigenvalue weighted by molar-refractivity contribution is -0.0390. The average molecular weight is 259 g/mol. The molecular weight excluding hydrogens is 238 g/mol. The van der Waals surface area contributed by atoms with E-state index in [2.05, 4.69) is 10.3 Å². The zero-order valence-electron chi connectivity index (χ0n) is 11.6. The highest BCUT2D eigenvalue weighted by Gasteiger charge is 2.57. The summed E-state index contributed by atoms with van der Waals surface area (Å²) in [5.74, 6) is -0.0636. The fourth-order valence-electron chi connectivity index (χ4n) is 3.31. The maximum absolute atomic E-state index is 12.2. The Balaban J connectivity index is 1.70. The van der Waals surface area contributed by atoms with Crippen molar-refractivity contribution < 1.29 is 4.79 Å². The average Bonchev–Trinajstić information content (AvgIpc) is 2.29. The SMILES string of the molecule is Cc1cnc(C(=O)NC2CC(N)C23CCC3)cc1C. The molecule has 2 aliphatic rings. The van der Waals surface area contributed by atoms with E-state index in [9.17, 15) is 4.79 Å². The molecule has 0 saturated heterocycles. The second-order valence-corrected chi connectivity index (χ2v) is 6.11. The summed E-state index contributed by atoms with van der Waals surface area (Å²) in [4.78, 5) is 16.4. The third-order valence-electron chi connectivity index (χ3n) is 5.12. The molecule has 1 amide bonds. The summed E-state index contributed by atoms with van der Waals surface area (Å²) in [6, 6.07) is 2.36. The number of aromatic nitrogens is 1. The number of aryl methyl sites for hydroxylation is 2. The van der Waals surface area contributed by atoms with Gasteiger partial charge in [0.05, 0.1) is 0 Å². The van der Waals surface area contributed by atoms with Crippen molar-refractivity contribution in [3.63, 3.8) is 0 Å². The minimum Gasteiger partial charge on any atom is -0.347 e. The van der Waals surface area contributed by atoms with Gasteiger partial charge in [-0.05, 0) is 50.3 Å². The molecule has 2 unspecified atom stereocenters. The minimum absolute atomic E-state index is 0.0636. The minimum atomic E-state index is -0.0636. The second kappa shape index (κ2) is 4.30. The molecule has 0 radical (unpaired) electrons. The van der Waals surface area contributed by atoms with Gasteiger partial charge in [0.25, 0.3) is 5.91 Å². The first-order valence-corrected chi connectivity index (χ1v) is 7.02. The summed E-state index contributed by atoms with van der Waals surface area (Å²) in [5.41, 5.74) is 9.01. The Labute approximate surface area is 113 Å². The summed E-state index contributed by atoms with van der Waals surface area (Å²) < 4.78 is 0. The summed E-state index contributed by atoms with van der Waals surface area (Å²) in [6.07, 6.45) is 6.20. The van der Waals surface area contributed by atoms with Crippen LogP contribution in [-0.2, 0) is 0 Å². The van der Waals surface area contributed by atoms with Crippen LogP contribution in [0.4, 0.5) is 0 Å². The first kappa shape index (κ1) is 12.6. The van der Waals surface area contributed by atoms with E-state index in [-0.39, 0.29) is 23.4 Å². The smallest absolute Gasteiger partial charge is 0.270 e. The van der Waals surface area contributed by atoms with Crippen molar-refractivity contribution in [1.82, 2.24) is 10.3 Å². The van der Waals surface area contributed by atoms with Crippen LogP contribution in [0.2, 0.25) is 0 Å². The monoisotopic (exact) mass is 259 g/mol. The van der Waals surface area contributed by atoms with Crippen molar-refractivity contribution >= 4 is 5.91 Å². The molecule has 19 heavy (non-hydrogen) atoms. The molecule has 4 nitrogen and oxygen atoms in total. The number of amides is 1. The van der Waals surface area contributed by atoms with E-state index in [1.807, 2.05) is 19.9 Å². The molecule has 0 aliphatic heterocycles. The Bertz CT molecular complexity index is 522. The van der Waals surface area contributed by atoms with E-state index in [0.29, 0.717) is 5.69 Å². The molecule has 1 spiro atoms. The molecule has 4 heteroatoms. The van der Waals surface area contributed by atoms with Crippen LogP contribution in [0.3, 0.4) is 0 Å². The maximum Gasteiger partial charge on any atom is 0.270 e. The maximum atomic E-state index is 12.2. The van der Waals surface area contributed by atoms with Gasteiger partial charge in [-0.3, -0.25) is 9.78 Å². The first-order chi connectivity index (χ1) is 9.03. The van der Waals surface area contributed by atoms with E-state index in [1.54, 1.807) is 6.20 Å². The van der Waals surface area contributed by atoms with Crippen molar-refractivity contribution in [2.24, 2.45) is 11.1 Å². The molecule has 0 aromatic carbocycles. The Hall–Kier alpha value is -1.42. The van der Waals surface area contributed by atoms with Crippen molar-refractivity contribution in [2.45, 2.75) is 51.6 Å². The number of pyridine rings is 1. The molecule has 0 bridgehead atoms. The van der Waals surface area contributed by atoms with Gasteiger partial charge in [0.1, 0.15) is 5.69 Å². The first-order valence-electron chi connectivity index (χ1n) is 7.02. The quantitative estimate of drug-likeness (QED) is 0.849. The molecule has 2 atom stereocenters.